The molecule has 1 saturated carbocycles. The van der Waals surface area contributed by atoms with Crippen LogP contribution in [0, 0.1) is 12.7 Å². The molecule has 1 aliphatic rings. The Morgan fingerprint density at radius 2 is 2.14 bits per heavy atom. The third-order valence-corrected chi connectivity index (χ3v) is 3.92. The molecule has 114 valence electrons. The van der Waals surface area contributed by atoms with Crippen molar-refractivity contribution in [1.29, 1.82) is 0 Å². The molecule has 1 aromatic carbocycles. The van der Waals surface area contributed by atoms with Gasteiger partial charge in [-0.25, -0.2) is 9.18 Å². The number of aromatic nitrogens is 2. The highest BCUT2D eigenvalue weighted by Gasteiger charge is 2.28. The summed E-state index contributed by atoms with van der Waals surface area (Å²) in [5, 5.41) is 16.5. The maximum atomic E-state index is 14.4. The summed E-state index contributed by atoms with van der Waals surface area (Å²) in [4.78, 5) is 11.4. The molecule has 1 N–H and O–H groups in total. The van der Waals surface area contributed by atoms with Crippen LogP contribution >= 0.6 is 11.6 Å². The Labute approximate surface area is 130 Å². The highest BCUT2D eigenvalue weighted by atomic mass is 35.5. The van der Waals surface area contributed by atoms with Crippen molar-refractivity contribution in [2.75, 3.05) is 0 Å². The summed E-state index contributed by atoms with van der Waals surface area (Å²) >= 11 is 5.77. The first-order valence-electron chi connectivity index (χ1n) is 6.71. The minimum Gasteiger partial charge on any atom is -0.477 e. The van der Waals surface area contributed by atoms with Crippen LogP contribution in [0.3, 0.4) is 0 Å². The van der Waals surface area contributed by atoms with E-state index in [1.54, 1.807) is 12.1 Å². The van der Waals surface area contributed by atoms with Crippen molar-refractivity contribution < 1.29 is 19.0 Å². The summed E-state index contributed by atoms with van der Waals surface area (Å²) in [6.07, 6.45) is 1.89. The Morgan fingerprint density at radius 3 is 2.77 bits per heavy atom. The number of aromatic carboxylic acids is 1. The van der Waals surface area contributed by atoms with Gasteiger partial charge in [0, 0.05) is 5.56 Å². The van der Waals surface area contributed by atoms with Crippen molar-refractivity contribution in [3.8, 4) is 11.6 Å². The van der Waals surface area contributed by atoms with Gasteiger partial charge >= 0.3 is 5.97 Å². The number of hydrogen-bond acceptors (Lipinski definition) is 4. The quantitative estimate of drug-likeness (QED) is 0.922. The van der Waals surface area contributed by atoms with Gasteiger partial charge in [-0.05, 0) is 37.3 Å². The summed E-state index contributed by atoms with van der Waals surface area (Å²) in [5.41, 5.74) is 0.571. The van der Waals surface area contributed by atoms with Gasteiger partial charge in [0.1, 0.15) is 5.56 Å². The second-order valence-corrected chi connectivity index (χ2v) is 5.49. The molecule has 22 heavy (non-hydrogen) atoms. The molecule has 0 radical (unpaired) electrons. The number of rotatable bonds is 4. The van der Waals surface area contributed by atoms with E-state index in [2.05, 4.69) is 10.2 Å². The lowest BCUT2D eigenvalue weighted by Gasteiger charge is -2.11. The zero-order valence-corrected chi connectivity index (χ0v) is 12.4. The van der Waals surface area contributed by atoms with Crippen LogP contribution in [0.15, 0.2) is 18.2 Å². The zero-order chi connectivity index (χ0) is 15.9. The monoisotopic (exact) mass is 322 g/mol. The van der Waals surface area contributed by atoms with E-state index in [4.69, 9.17) is 16.3 Å². The average molecular weight is 323 g/mol. The summed E-state index contributed by atoms with van der Waals surface area (Å²) < 4.78 is 19.8. The molecular formula is C15H12ClFN2O3. The van der Waals surface area contributed by atoms with Gasteiger partial charge in [-0.15, -0.1) is 10.2 Å². The molecule has 2 aromatic rings. The van der Waals surface area contributed by atoms with E-state index >= 15 is 0 Å². The van der Waals surface area contributed by atoms with Crippen LogP contribution in [0.5, 0.6) is 11.6 Å². The number of halogens is 2. The topological polar surface area (TPSA) is 72.3 Å². The van der Waals surface area contributed by atoms with Crippen LogP contribution in [-0.2, 0) is 0 Å². The molecule has 5 nitrogen and oxygen atoms in total. The fourth-order valence-corrected chi connectivity index (χ4v) is 2.35. The van der Waals surface area contributed by atoms with Gasteiger partial charge in [0.25, 0.3) is 5.88 Å². The van der Waals surface area contributed by atoms with Crippen LogP contribution in [0.4, 0.5) is 4.39 Å². The molecule has 0 bridgehead atoms. The maximum Gasteiger partial charge on any atom is 0.341 e. The van der Waals surface area contributed by atoms with E-state index in [-0.39, 0.29) is 33.8 Å². The maximum absolute atomic E-state index is 14.4. The molecule has 0 saturated heterocycles. The Morgan fingerprint density at radius 1 is 1.41 bits per heavy atom. The Balaban J connectivity index is 2.02. The lowest BCUT2D eigenvalue weighted by Crippen LogP contribution is -2.08. The molecule has 0 aliphatic heterocycles. The van der Waals surface area contributed by atoms with E-state index in [0.29, 0.717) is 5.56 Å². The lowest BCUT2D eigenvalue weighted by molar-refractivity contribution is 0.0692. The number of benzene rings is 1. The highest BCUT2D eigenvalue weighted by molar-refractivity contribution is 6.30. The van der Waals surface area contributed by atoms with Gasteiger partial charge in [-0.2, -0.15) is 0 Å². The van der Waals surface area contributed by atoms with Crippen LogP contribution in [0.1, 0.15) is 40.2 Å². The Kier molecular flexibility index (Phi) is 3.70. The lowest BCUT2D eigenvalue weighted by atomic mass is 10.1. The minimum atomic E-state index is -1.26. The van der Waals surface area contributed by atoms with Crippen LogP contribution in [0.25, 0.3) is 0 Å². The normalized spacial score (nSPS) is 14.0. The SMILES string of the molecule is Cc1c(Cl)nnc(Oc2cccc(C3CC3)c2F)c1C(=O)O. The van der Waals surface area contributed by atoms with E-state index < -0.39 is 11.8 Å². The first kappa shape index (κ1) is 14.7. The molecule has 0 amide bonds. The smallest absolute Gasteiger partial charge is 0.341 e. The summed E-state index contributed by atoms with van der Waals surface area (Å²) in [7, 11) is 0. The Hall–Kier alpha value is -2.21. The van der Waals surface area contributed by atoms with Crippen molar-refractivity contribution in [3.63, 3.8) is 0 Å². The van der Waals surface area contributed by atoms with Gasteiger partial charge in [0.05, 0.1) is 0 Å². The van der Waals surface area contributed by atoms with Crippen molar-refractivity contribution in [2.24, 2.45) is 0 Å². The molecule has 1 heterocycles. The summed E-state index contributed by atoms with van der Waals surface area (Å²) in [6, 6.07) is 4.80. The molecular weight excluding hydrogens is 311 g/mol. The molecule has 1 aliphatic carbocycles. The van der Waals surface area contributed by atoms with Crippen molar-refractivity contribution >= 4 is 17.6 Å². The van der Waals surface area contributed by atoms with Crippen LogP contribution < -0.4 is 4.74 Å². The van der Waals surface area contributed by atoms with E-state index in [1.165, 1.54) is 13.0 Å². The number of carbonyl (C=O) groups is 1. The predicted molar refractivity (Wildman–Crippen MR) is 77.2 cm³/mol. The summed E-state index contributed by atoms with van der Waals surface area (Å²) in [6.45, 7) is 1.49. The second-order valence-electron chi connectivity index (χ2n) is 5.14. The number of carboxylic acids is 1. The van der Waals surface area contributed by atoms with Crippen molar-refractivity contribution in [3.05, 3.63) is 45.9 Å². The third-order valence-electron chi connectivity index (χ3n) is 3.56. The fraction of sp³-hybridized carbons (Fsp3) is 0.267. The van der Waals surface area contributed by atoms with Crippen molar-refractivity contribution in [2.45, 2.75) is 25.7 Å². The van der Waals surface area contributed by atoms with Crippen LogP contribution in [0.2, 0.25) is 5.15 Å². The van der Waals surface area contributed by atoms with E-state index in [9.17, 15) is 14.3 Å². The molecule has 0 spiro atoms. The van der Waals surface area contributed by atoms with E-state index in [0.717, 1.165) is 12.8 Å². The second kappa shape index (κ2) is 5.53. The first-order valence-corrected chi connectivity index (χ1v) is 7.09. The zero-order valence-electron chi connectivity index (χ0n) is 11.6. The van der Waals surface area contributed by atoms with Crippen LogP contribution in [-0.4, -0.2) is 21.3 Å². The largest absolute Gasteiger partial charge is 0.477 e. The van der Waals surface area contributed by atoms with Gasteiger partial charge in [0.2, 0.25) is 0 Å². The van der Waals surface area contributed by atoms with E-state index in [1.807, 2.05) is 0 Å². The molecule has 1 fully saturated rings. The van der Waals surface area contributed by atoms with Crippen molar-refractivity contribution in [1.82, 2.24) is 10.2 Å². The number of nitrogens with zero attached hydrogens (tertiary/aromatic N) is 2. The van der Waals surface area contributed by atoms with Gasteiger partial charge < -0.3 is 9.84 Å². The molecule has 3 rings (SSSR count). The highest BCUT2D eigenvalue weighted by Crippen LogP contribution is 2.43. The average Bonchev–Trinajstić information content (AvgIpc) is 3.29. The van der Waals surface area contributed by atoms with Gasteiger partial charge in [-0.1, -0.05) is 23.7 Å². The third kappa shape index (κ3) is 2.62. The predicted octanol–water partition coefficient (Wildman–Crippen LogP) is 3.95. The molecule has 7 heteroatoms. The summed E-state index contributed by atoms with van der Waals surface area (Å²) in [5.74, 6) is -1.89. The number of ether oxygens (including phenoxy) is 1. The van der Waals surface area contributed by atoms with Gasteiger partial charge in [0.15, 0.2) is 16.7 Å². The first-order chi connectivity index (χ1) is 10.5. The number of carboxylic acid groups (broad SMARTS) is 1. The molecule has 0 unspecified atom stereocenters. The number of hydrogen-bond donors (Lipinski definition) is 1. The molecule has 1 aromatic heterocycles. The molecule has 0 atom stereocenters. The fourth-order valence-electron chi connectivity index (χ4n) is 2.22. The Bertz CT molecular complexity index is 763. The minimum absolute atomic E-state index is 0.0306. The van der Waals surface area contributed by atoms with Gasteiger partial charge in [-0.3, -0.25) is 0 Å². The standard InChI is InChI=1S/C15H12ClFN2O3/c1-7-11(15(20)21)14(19-18-13(7)16)22-10-4-2-3-9(12(10)17)8-5-6-8/h2-4,8H,5-6H2,1H3,(H,20,21).